The lowest BCUT2D eigenvalue weighted by molar-refractivity contribution is -0.119. The highest BCUT2D eigenvalue weighted by atomic mass is 16.3. The maximum absolute atomic E-state index is 11.7. The molecule has 0 radical (unpaired) electrons. The van der Waals surface area contributed by atoms with E-state index >= 15 is 0 Å². The summed E-state index contributed by atoms with van der Waals surface area (Å²) in [5.41, 5.74) is 2.11. The molecule has 1 heterocycles. The Morgan fingerprint density at radius 2 is 2.06 bits per heavy atom. The van der Waals surface area contributed by atoms with E-state index in [9.17, 15) is 4.79 Å². The van der Waals surface area contributed by atoms with Crippen molar-refractivity contribution in [2.45, 2.75) is 13.3 Å². The molecule has 0 unspecified atom stereocenters. The Balaban J connectivity index is 1.77. The van der Waals surface area contributed by atoms with Gasteiger partial charge in [-0.1, -0.05) is 19.1 Å². The lowest BCUT2D eigenvalue weighted by Gasteiger charge is -2.37. The molecule has 2 rings (SSSR count). The summed E-state index contributed by atoms with van der Waals surface area (Å²) in [5, 5.41) is 11.8. The maximum atomic E-state index is 11.7. The quantitative estimate of drug-likeness (QED) is 0.821. The molecule has 4 heteroatoms. The van der Waals surface area contributed by atoms with Crippen LogP contribution in [0.15, 0.2) is 24.3 Å². The third kappa shape index (κ3) is 3.31. The zero-order valence-corrected chi connectivity index (χ0v) is 10.7. The van der Waals surface area contributed by atoms with Crippen molar-refractivity contribution < 1.29 is 9.90 Å². The number of aliphatic hydroxyl groups excluding tert-OH is 1. The lowest BCUT2D eigenvalue weighted by Crippen LogP contribution is -2.51. The lowest BCUT2D eigenvalue weighted by atomic mass is 10.0. The van der Waals surface area contributed by atoms with Gasteiger partial charge in [0, 0.05) is 31.3 Å². The van der Waals surface area contributed by atoms with Gasteiger partial charge in [0.2, 0.25) is 5.91 Å². The predicted molar refractivity (Wildman–Crippen MR) is 71.5 cm³/mol. The number of likely N-dealkylation sites (tertiary alicyclic amines) is 1. The second kappa shape index (κ2) is 5.98. The van der Waals surface area contributed by atoms with Gasteiger partial charge in [0.25, 0.3) is 0 Å². The number of rotatable bonds is 5. The minimum Gasteiger partial charge on any atom is -0.396 e. The van der Waals surface area contributed by atoms with Gasteiger partial charge in [0.15, 0.2) is 0 Å². The summed E-state index contributed by atoms with van der Waals surface area (Å²) in [6, 6.07) is 7.93. The Labute approximate surface area is 108 Å². The largest absolute Gasteiger partial charge is 0.396 e. The molecule has 0 aromatic heterocycles. The smallest absolute Gasteiger partial charge is 0.238 e. The monoisotopic (exact) mass is 248 g/mol. The van der Waals surface area contributed by atoms with E-state index in [1.807, 2.05) is 29.2 Å². The molecule has 98 valence electrons. The van der Waals surface area contributed by atoms with Gasteiger partial charge >= 0.3 is 0 Å². The summed E-state index contributed by atoms with van der Waals surface area (Å²) in [5.74, 6) is 0.359. The second-order valence-electron chi connectivity index (χ2n) is 4.84. The molecule has 1 saturated heterocycles. The van der Waals surface area contributed by atoms with Crippen molar-refractivity contribution in [1.82, 2.24) is 4.90 Å². The first-order valence-electron chi connectivity index (χ1n) is 6.43. The number of benzene rings is 1. The number of carbonyl (C=O) groups is 1. The highest BCUT2D eigenvalue weighted by molar-refractivity contribution is 5.92. The van der Waals surface area contributed by atoms with Crippen molar-refractivity contribution in [2.24, 2.45) is 5.92 Å². The third-order valence-electron chi connectivity index (χ3n) is 3.30. The van der Waals surface area contributed by atoms with Crippen LogP contribution in [0, 0.1) is 5.92 Å². The number of hydrogen-bond acceptors (Lipinski definition) is 3. The number of hydrogen-bond donors (Lipinski definition) is 2. The molecular weight excluding hydrogens is 228 g/mol. The van der Waals surface area contributed by atoms with Crippen LogP contribution >= 0.6 is 0 Å². The normalized spacial score (nSPS) is 16.3. The van der Waals surface area contributed by atoms with Crippen LogP contribution in [0.2, 0.25) is 0 Å². The molecule has 1 aromatic rings. The van der Waals surface area contributed by atoms with Gasteiger partial charge in [-0.15, -0.1) is 0 Å². The second-order valence-corrected chi connectivity index (χ2v) is 4.84. The van der Waals surface area contributed by atoms with E-state index in [1.54, 1.807) is 0 Å². The van der Waals surface area contributed by atoms with Crippen LogP contribution in [-0.2, 0) is 11.2 Å². The third-order valence-corrected chi connectivity index (χ3v) is 3.30. The zero-order valence-electron chi connectivity index (χ0n) is 10.7. The summed E-state index contributed by atoms with van der Waals surface area (Å²) in [4.78, 5) is 13.8. The molecule has 1 amide bonds. The number of aryl methyl sites for hydroxylation is 1. The van der Waals surface area contributed by atoms with Gasteiger partial charge in [-0.05, 0) is 24.1 Å². The van der Waals surface area contributed by atoms with E-state index in [4.69, 9.17) is 5.11 Å². The SMILES string of the molecule is CCc1ccc(NC(=O)CN2CC(CO)C2)cc1. The van der Waals surface area contributed by atoms with Crippen molar-refractivity contribution in [3.63, 3.8) is 0 Å². The number of aliphatic hydroxyl groups is 1. The molecular formula is C14H20N2O2. The summed E-state index contributed by atoms with van der Waals surface area (Å²) in [7, 11) is 0. The molecule has 18 heavy (non-hydrogen) atoms. The molecule has 0 bridgehead atoms. The summed E-state index contributed by atoms with van der Waals surface area (Å²) >= 11 is 0. The summed E-state index contributed by atoms with van der Waals surface area (Å²) < 4.78 is 0. The number of nitrogens with zero attached hydrogens (tertiary/aromatic N) is 1. The Morgan fingerprint density at radius 3 is 2.61 bits per heavy atom. The average Bonchev–Trinajstić information content (AvgIpc) is 2.34. The van der Waals surface area contributed by atoms with Gasteiger partial charge in [0.1, 0.15) is 0 Å². The van der Waals surface area contributed by atoms with Crippen LogP contribution in [-0.4, -0.2) is 42.2 Å². The molecule has 1 aliphatic rings. The Kier molecular flexibility index (Phi) is 4.33. The van der Waals surface area contributed by atoms with Crippen LogP contribution in [0.5, 0.6) is 0 Å². The van der Waals surface area contributed by atoms with Crippen LogP contribution in [0.4, 0.5) is 5.69 Å². The minimum atomic E-state index is 0.00985. The Morgan fingerprint density at radius 1 is 1.39 bits per heavy atom. The molecule has 1 fully saturated rings. The number of carbonyl (C=O) groups excluding carboxylic acids is 1. The van der Waals surface area contributed by atoms with E-state index in [0.29, 0.717) is 12.5 Å². The number of nitrogens with one attached hydrogen (secondary N) is 1. The van der Waals surface area contributed by atoms with Crippen LogP contribution in [0.25, 0.3) is 0 Å². The first-order valence-corrected chi connectivity index (χ1v) is 6.43. The zero-order chi connectivity index (χ0) is 13.0. The van der Waals surface area contributed by atoms with Crippen LogP contribution in [0.3, 0.4) is 0 Å². The fourth-order valence-corrected chi connectivity index (χ4v) is 2.15. The van der Waals surface area contributed by atoms with Crippen molar-refractivity contribution in [3.8, 4) is 0 Å². The van der Waals surface area contributed by atoms with Gasteiger partial charge in [-0.25, -0.2) is 0 Å². The predicted octanol–water partition coefficient (Wildman–Crippen LogP) is 1.11. The van der Waals surface area contributed by atoms with E-state index in [2.05, 4.69) is 12.2 Å². The molecule has 1 aliphatic heterocycles. The fraction of sp³-hybridized carbons (Fsp3) is 0.500. The fourth-order valence-electron chi connectivity index (χ4n) is 2.15. The van der Waals surface area contributed by atoms with Crippen LogP contribution in [0.1, 0.15) is 12.5 Å². The summed E-state index contributed by atoms with van der Waals surface area (Å²) in [6.07, 6.45) is 1.00. The summed E-state index contributed by atoms with van der Waals surface area (Å²) in [6.45, 7) is 4.37. The highest BCUT2D eigenvalue weighted by Gasteiger charge is 2.27. The number of amides is 1. The first-order chi connectivity index (χ1) is 8.71. The van der Waals surface area contributed by atoms with Gasteiger partial charge in [-0.3, -0.25) is 9.69 Å². The maximum Gasteiger partial charge on any atom is 0.238 e. The number of anilines is 1. The molecule has 0 aliphatic carbocycles. The minimum absolute atomic E-state index is 0.00985. The standard InChI is InChI=1S/C14H20N2O2/c1-2-11-3-5-13(6-4-11)15-14(18)9-16-7-12(8-16)10-17/h3-6,12,17H,2,7-10H2,1H3,(H,15,18). The molecule has 0 saturated carbocycles. The topological polar surface area (TPSA) is 52.6 Å². The Bertz CT molecular complexity index is 397. The van der Waals surface area contributed by atoms with Gasteiger partial charge in [0.05, 0.1) is 6.54 Å². The Hall–Kier alpha value is -1.39. The molecule has 0 atom stereocenters. The van der Waals surface area contributed by atoms with Crippen molar-refractivity contribution >= 4 is 11.6 Å². The average molecular weight is 248 g/mol. The van der Waals surface area contributed by atoms with Gasteiger partial charge < -0.3 is 10.4 Å². The molecule has 2 N–H and O–H groups in total. The van der Waals surface area contributed by atoms with E-state index in [1.165, 1.54) is 5.56 Å². The van der Waals surface area contributed by atoms with E-state index in [-0.39, 0.29) is 12.5 Å². The first kappa shape index (κ1) is 13.1. The van der Waals surface area contributed by atoms with Crippen molar-refractivity contribution in [1.29, 1.82) is 0 Å². The van der Waals surface area contributed by atoms with Crippen molar-refractivity contribution in [3.05, 3.63) is 29.8 Å². The van der Waals surface area contributed by atoms with Crippen LogP contribution < -0.4 is 5.32 Å². The molecule has 0 spiro atoms. The molecule has 1 aromatic carbocycles. The highest BCUT2D eigenvalue weighted by Crippen LogP contribution is 2.14. The van der Waals surface area contributed by atoms with Crippen molar-refractivity contribution in [2.75, 3.05) is 31.6 Å². The van der Waals surface area contributed by atoms with E-state index < -0.39 is 0 Å². The van der Waals surface area contributed by atoms with Gasteiger partial charge in [-0.2, -0.15) is 0 Å². The van der Waals surface area contributed by atoms with E-state index in [0.717, 1.165) is 25.2 Å². The molecule has 4 nitrogen and oxygen atoms in total.